The Balaban J connectivity index is 1.93. The molecule has 4 heteroatoms. The van der Waals surface area contributed by atoms with Gasteiger partial charge in [0.2, 0.25) is 0 Å². The predicted molar refractivity (Wildman–Crippen MR) is 77.0 cm³/mol. The Morgan fingerprint density at radius 2 is 2.10 bits per heavy atom. The highest BCUT2D eigenvalue weighted by Crippen LogP contribution is 2.23. The molecule has 0 saturated heterocycles. The van der Waals surface area contributed by atoms with E-state index in [0.717, 1.165) is 30.8 Å². The molecule has 1 aromatic heterocycles. The van der Waals surface area contributed by atoms with Crippen LogP contribution in [0.3, 0.4) is 0 Å². The molecule has 1 aromatic carbocycles. The molecule has 1 aliphatic rings. The van der Waals surface area contributed by atoms with Gasteiger partial charge < -0.3 is 10.3 Å². The molecule has 0 unspecified atom stereocenters. The van der Waals surface area contributed by atoms with Gasteiger partial charge in [-0.2, -0.15) is 0 Å². The SMILES string of the molecule is Cc1nc2c(n1Cc1ccc(F)c(CN)c1)CCCC2. The van der Waals surface area contributed by atoms with Crippen LogP contribution in [0.5, 0.6) is 0 Å². The van der Waals surface area contributed by atoms with Crippen LogP contribution in [0.15, 0.2) is 18.2 Å². The minimum absolute atomic E-state index is 0.222. The Bertz CT molecular complexity index is 631. The zero-order valence-corrected chi connectivity index (χ0v) is 11.8. The first-order valence-electron chi connectivity index (χ1n) is 7.21. The highest BCUT2D eigenvalue weighted by atomic mass is 19.1. The summed E-state index contributed by atoms with van der Waals surface area (Å²) in [6.07, 6.45) is 4.65. The van der Waals surface area contributed by atoms with E-state index in [9.17, 15) is 4.39 Å². The molecular weight excluding hydrogens is 253 g/mol. The first-order valence-corrected chi connectivity index (χ1v) is 7.21. The fourth-order valence-corrected chi connectivity index (χ4v) is 3.01. The van der Waals surface area contributed by atoms with Gasteiger partial charge in [-0.15, -0.1) is 0 Å². The number of aromatic nitrogens is 2. The third-order valence-electron chi connectivity index (χ3n) is 4.09. The summed E-state index contributed by atoms with van der Waals surface area (Å²) in [6.45, 7) is 3.04. The van der Waals surface area contributed by atoms with Crippen molar-refractivity contribution < 1.29 is 4.39 Å². The van der Waals surface area contributed by atoms with Crippen LogP contribution in [0.4, 0.5) is 4.39 Å². The van der Waals surface area contributed by atoms with Crippen molar-refractivity contribution in [2.24, 2.45) is 5.73 Å². The molecule has 0 bridgehead atoms. The number of nitrogens with zero attached hydrogens (tertiary/aromatic N) is 2. The molecule has 3 rings (SSSR count). The quantitative estimate of drug-likeness (QED) is 0.934. The molecule has 0 atom stereocenters. The lowest BCUT2D eigenvalue weighted by Gasteiger charge is -2.15. The Labute approximate surface area is 118 Å². The van der Waals surface area contributed by atoms with E-state index < -0.39 is 0 Å². The summed E-state index contributed by atoms with van der Waals surface area (Å²) in [6, 6.07) is 5.21. The van der Waals surface area contributed by atoms with E-state index in [-0.39, 0.29) is 12.4 Å². The molecule has 1 heterocycles. The van der Waals surface area contributed by atoms with Gasteiger partial charge in [-0.25, -0.2) is 9.37 Å². The molecule has 2 N–H and O–H groups in total. The third kappa shape index (κ3) is 2.36. The Morgan fingerprint density at radius 3 is 2.90 bits per heavy atom. The summed E-state index contributed by atoms with van der Waals surface area (Å²) in [5.74, 6) is 0.830. The highest BCUT2D eigenvalue weighted by molar-refractivity contribution is 5.27. The molecule has 106 valence electrons. The number of hydrogen-bond donors (Lipinski definition) is 1. The molecule has 0 radical (unpaired) electrons. The van der Waals surface area contributed by atoms with Crippen molar-refractivity contribution in [3.8, 4) is 0 Å². The van der Waals surface area contributed by atoms with Crippen molar-refractivity contribution in [2.45, 2.75) is 45.7 Å². The number of nitrogens with two attached hydrogens (primary N) is 1. The van der Waals surface area contributed by atoms with Crippen molar-refractivity contribution in [3.05, 3.63) is 52.4 Å². The number of rotatable bonds is 3. The minimum atomic E-state index is -0.222. The van der Waals surface area contributed by atoms with Gasteiger partial charge in [0.15, 0.2) is 0 Å². The Hall–Kier alpha value is -1.68. The highest BCUT2D eigenvalue weighted by Gasteiger charge is 2.18. The number of hydrogen-bond acceptors (Lipinski definition) is 2. The molecule has 0 fully saturated rings. The van der Waals surface area contributed by atoms with E-state index in [1.54, 1.807) is 0 Å². The van der Waals surface area contributed by atoms with Crippen LogP contribution >= 0.6 is 0 Å². The molecule has 0 saturated carbocycles. The first-order chi connectivity index (χ1) is 9.69. The lowest BCUT2D eigenvalue weighted by Crippen LogP contribution is -2.11. The van der Waals surface area contributed by atoms with Crippen molar-refractivity contribution in [3.63, 3.8) is 0 Å². The smallest absolute Gasteiger partial charge is 0.127 e. The van der Waals surface area contributed by atoms with E-state index >= 15 is 0 Å². The standard InChI is InChI=1S/C16H20FN3/c1-11-19-15-4-2-3-5-16(15)20(11)10-12-6-7-14(17)13(8-12)9-18/h6-8H,2-5,9-10,18H2,1H3. The Kier molecular flexibility index (Phi) is 3.57. The maximum Gasteiger partial charge on any atom is 0.127 e. The molecular formula is C16H20FN3. The van der Waals surface area contributed by atoms with Crippen molar-refractivity contribution in [2.75, 3.05) is 0 Å². The van der Waals surface area contributed by atoms with Crippen LogP contribution in [0.1, 0.15) is 41.2 Å². The molecule has 1 aliphatic carbocycles. The monoisotopic (exact) mass is 273 g/mol. The average Bonchev–Trinajstić information content (AvgIpc) is 2.77. The van der Waals surface area contributed by atoms with E-state index in [0.29, 0.717) is 5.56 Å². The molecule has 20 heavy (non-hydrogen) atoms. The second kappa shape index (κ2) is 5.37. The lowest BCUT2D eigenvalue weighted by molar-refractivity contribution is 0.605. The third-order valence-corrected chi connectivity index (χ3v) is 4.09. The number of aryl methyl sites for hydroxylation is 2. The topological polar surface area (TPSA) is 43.8 Å². The molecule has 3 nitrogen and oxygen atoms in total. The van der Waals surface area contributed by atoms with Gasteiger partial charge in [-0.1, -0.05) is 6.07 Å². The van der Waals surface area contributed by atoms with Crippen LogP contribution in [-0.2, 0) is 25.9 Å². The van der Waals surface area contributed by atoms with Gasteiger partial charge in [-0.3, -0.25) is 0 Å². The summed E-state index contributed by atoms with van der Waals surface area (Å²) < 4.78 is 15.8. The van der Waals surface area contributed by atoms with Gasteiger partial charge in [0, 0.05) is 24.3 Å². The zero-order valence-electron chi connectivity index (χ0n) is 11.8. The van der Waals surface area contributed by atoms with Crippen molar-refractivity contribution >= 4 is 0 Å². The van der Waals surface area contributed by atoms with Gasteiger partial charge in [-0.05, 0) is 50.3 Å². The number of benzene rings is 1. The molecule has 0 aliphatic heterocycles. The van der Waals surface area contributed by atoms with E-state index in [2.05, 4.69) is 9.55 Å². The van der Waals surface area contributed by atoms with Gasteiger partial charge in [0.1, 0.15) is 11.6 Å². The van der Waals surface area contributed by atoms with E-state index in [1.165, 1.54) is 30.3 Å². The van der Waals surface area contributed by atoms with Gasteiger partial charge >= 0.3 is 0 Å². The summed E-state index contributed by atoms with van der Waals surface area (Å²) in [7, 11) is 0. The maximum absolute atomic E-state index is 13.5. The zero-order chi connectivity index (χ0) is 14.1. The molecule has 0 amide bonds. The number of fused-ring (bicyclic) bond motifs is 1. The van der Waals surface area contributed by atoms with Crippen LogP contribution < -0.4 is 5.73 Å². The van der Waals surface area contributed by atoms with Crippen LogP contribution in [0.25, 0.3) is 0 Å². The van der Waals surface area contributed by atoms with E-state index in [4.69, 9.17) is 5.73 Å². The second-order valence-corrected chi connectivity index (χ2v) is 5.48. The fourth-order valence-electron chi connectivity index (χ4n) is 3.01. The summed E-state index contributed by atoms with van der Waals surface area (Å²) >= 11 is 0. The summed E-state index contributed by atoms with van der Waals surface area (Å²) in [5.41, 5.74) is 9.84. The minimum Gasteiger partial charge on any atom is -0.328 e. The van der Waals surface area contributed by atoms with Gasteiger partial charge in [0.25, 0.3) is 0 Å². The van der Waals surface area contributed by atoms with Crippen LogP contribution in [0, 0.1) is 12.7 Å². The van der Waals surface area contributed by atoms with Crippen LogP contribution in [-0.4, -0.2) is 9.55 Å². The number of halogens is 1. The average molecular weight is 273 g/mol. The maximum atomic E-state index is 13.5. The first kappa shape index (κ1) is 13.3. The summed E-state index contributed by atoms with van der Waals surface area (Å²) in [5, 5.41) is 0. The van der Waals surface area contributed by atoms with Gasteiger partial charge in [0.05, 0.1) is 5.69 Å². The van der Waals surface area contributed by atoms with Crippen molar-refractivity contribution in [1.82, 2.24) is 9.55 Å². The Morgan fingerprint density at radius 1 is 1.30 bits per heavy atom. The fraction of sp³-hybridized carbons (Fsp3) is 0.438. The lowest BCUT2D eigenvalue weighted by atomic mass is 10.0. The molecule has 0 spiro atoms. The second-order valence-electron chi connectivity index (χ2n) is 5.48. The van der Waals surface area contributed by atoms with Crippen LogP contribution in [0.2, 0.25) is 0 Å². The summed E-state index contributed by atoms with van der Waals surface area (Å²) in [4.78, 5) is 4.67. The van der Waals surface area contributed by atoms with Crippen molar-refractivity contribution in [1.29, 1.82) is 0 Å². The predicted octanol–water partition coefficient (Wildman–Crippen LogP) is 2.72. The normalized spacial score (nSPS) is 14.3. The number of imidazole rings is 1. The largest absolute Gasteiger partial charge is 0.328 e. The molecule has 2 aromatic rings. The van der Waals surface area contributed by atoms with E-state index in [1.807, 2.05) is 19.1 Å².